The van der Waals surface area contributed by atoms with Gasteiger partial charge in [-0.05, 0) is 35.9 Å². The first-order chi connectivity index (χ1) is 10.5. The van der Waals surface area contributed by atoms with Crippen LogP contribution >= 0.6 is 11.6 Å². The molecule has 0 aliphatic carbocycles. The summed E-state index contributed by atoms with van der Waals surface area (Å²) in [5.74, 6) is -0.148. The lowest BCUT2D eigenvalue weighted by atomic mass is 10.2. The Labute approximate surface area is 128 Å². The van der Waals surface area contributed by atoms with Gasteiger partial charge < -0.3 is 5.32 Å². The molecular weight excluding hydrogens is 311 g/mol. The smallest absolute Gasteiger partial charge is 0.270 e. The largest absolute Gasteiger partial charge is 0.339 e. The summed E-state index contributed by atoms with van der Waals surface area (Å²) in [6, 6.07) is 9.91. The zero-order valence-electron chi connectivity index (χ0n) is 11.0. The monoisotopic (exact) mass is 318 g/mol. The van der Waals surface area contributed by atoms with Crippen LogP contribution in [0.15, 0.2) is 42.5 Å². The van der Waals surface area contributed by atoms with Gasteiger partial charge in [0.25, 0.3) is 5.69 Å². The number of non-ortho nitro benzene ring substituents is 1. The van der Waals surface area contributed by atoms with Crippen molar-refractivity contribution in [2.45, 2.75) is 0 Å². The van der Waals surface area contributed by atoms with Crippen LogP contribution in [0.25, 0.3) is 10.9 Å². The summed E-state index contributed by atoms with van der Waals surface area (Å²) in [5, 5.41) is 14.2. The second kappa shape index (κ2) is 5.53. The van der Waals surface area contributed by atoms with Crippen LogP contribution in [-0.2, 0) is 0 Å². The van der Waals surface area contributed by atoms with Crippen molar-refractivity contribution in [1.29, 1.82) is 0 Å². The molecule has 0 amide bonds. The number of nitro groups is 1. The average molecular weight is 319 g/mol. The molecule has 0 saturated carbocycles. The number of benzene rings is 2. The van der Waals surface area contributed by atoms with Crippen LogP contribution in [0.5, 0.6) is 0 Å². The summed E-state index contributed by atoms with van der Waals surface area (Å²) in [7, 11) is 0. The summed E-state index contributed by atoms with van der Waals surface area (Å²) in [5.41, 5.74) is 0.799. The third-order valence-electron chi connectivity index (χ3n) is 2.95. The van der Waals surface area contributed by atoms with E-state index in [4.69, 9.17) is 11.6 Å². The Hall–Kier alpha value is -2.80. The first kappa shape index (κ1) is 14.2. The molecule has 22 heavy (non-hydrogen) atoms. The molecule has 1 heterocycles. The average Bonchev–Trinajstić information content (AvgIpc) is 2.46. The molecule has 0 spiro atoms. The Morgan fingerprint density at radius 2 is 2.00 bits per heavy atom. The molecule has 0 aliphatic heterocycles. The molecule has 0 atom stereocenters. The van der Waals surface area contributed by atoms with Crippen LogP contribution in [-0.4, -0.2) is 14.9 Å². The van der Waals surface area contributed by atoms with Gasteiger partial charge in [0.15, 0.2) is 0 Å². The van der Waals surface area contributed by atoms with E-state index in [1.54, 1.807) is 6.07 Å². The molecule has 6 nitrogen and oxygen atoms in total. The highest BCUT2D eigenvalue weighted by molar-refractivity contribution is 6.28. The molecule has 110 valence electrons. The fourth-order valence-corrected chi connectivity index (χ4v) is 2.18. The summed E-state index contributed by atoms with van der Waals surface area (Å²) in [4.78, 5) is 18.4. The van der Waals surface area contributed by atoms with E-state index in [-0.39, 0.29) is 16.8 Å². The van der Waals surface area contributed by atoms with Crippen molar-refractivity contribution in [1.82, 2.24) is 9.97 Å². The quantitative estimate of drug-likeness (QED) is 0.447. The second-order valence-electron chi connectivity index (χ2n) is 4.44. The van der Waals surface area contributed by atoms with E-state index in [0.29, 0.717) is 16.6 Å². The van der Waals surface area contributed by atoms with Crippen molar-refractivity contribution < 1.29 is 9.31 Å². The number of aromatic nitrogens is 2. The van der Waals surface area contributed by atoms with Crippen LogP contribution in [0.4, 0.5) is 21.6 Å². The fourth-order valence-electron chi connectivity index (χ4n) is 2.00. The number of nitro benzene ring substituents is 1. The van der Waals surface area contributed by atoms with E-state index >= 15 is 0 Å². The molecule has 0 unspecified atom stereocenters. The van der Waals surface area contributed by atoms with E-state index in [1.165, 1.54) is 36.4 Å². The Kier molecular flexibility index (Phi) is 3.56. The van der Waals surface area contributed by atoms with Gasteiger partial charge in [-0.2, -0.15) is 4.98 Å². The molecule has 0 saturated heterocycles. The summed E-state index contributed by atoms with van der Waals surface area (Å²) in [6.07, 6.45) is 0. The van der Waals surface area contributed by atoms with Gasteiger partial charge in [-0.1, -0.05) is 6.07 Å². The fraction of sp³-hybridized carbons (Fsp3) is 0. The number of hydrogen-bond acceptors (Lipinski definition) is 5. The highest BCUT2D eigenvalue weighted by Crippen LogP contribution is 2.28. The standard InChI is InChI=1S/C14H8ClFN4O2/c15-14-18-12-5-4-10(20(21)22)7-11(12)13(19-14)17-9-3-1-2-8(16)6-9/h1-7H,(H,17,18,19). The number of hydrogen-bond donors (Lipinski definition) is 1. The van der Waals surface area contributed by atoms with Crippen molar-refractivity contribution in [3.8, 4) is 0 Å². The summed E-state index contributed by atoms with van der Waals surface area (Å²) < 4.78 is 13.2. The maximum atomic E-state index is 13.2. The SMILES string of the molecule is O=[N+]([O-])c1ccc2nc(Cl)nc(Nc3cccc(F)c3)c2c1. The predicted molar refractivity (Wildman–Crippen MR) is 80.9 cm³/mol. The van der Waals surface area contributed by atoms with Crippen molar-refractivity contribution >= 4 is 39.7 Å². The topological polar surface area (TPSA) is 81.0 Å². The molecular formula is C14H8ClFN4O2. The number of rotatable bonds is 3. The summed E-state index contributed by atoms with van der Waals surface area (Å²) >= 11 is 5.85. The van der Waals surface area contributed by atoms with Crippen LogP contribution in [0.3, 0.4) is 0 Å². The van der Waals surface area contributed by atoms with Gasteiger partial charge in [0.05, 0.1) is 10.4 Å². The lowest BCUT2D eigenvalue weighted by Crippen LogP contribution is -1.98. The molecule has 1 aromatic heterocycles. The zero-order chi connectivity index (χ0) is 15.7. The van der Waals surface area contributed by atoms with Crippen LogP contribution in [0.1, 0.15) is 0 Å². The highest BCUT2D eigenvalue weighted by atomic mass is 35.5. The van der Waals surface area contributed by atoms with Crippen molar-refractivity contribution in [3.05, 3.63) is 63.7 Å². The first-order valence-corrected chi connectivity index (χ1v) is 6.55. The van der Waals surface area contributed by atoms with Crippen LogP contribution < -0.4 is 5.32 Å². The van der Waals surface area contributed by atoms with Crippen molar-refractivity contribution in [3.63, 3.8) is 0 Å². The Balaban J connectivity index is 2.14. The Morgan fingerprint density at radius 3 is 2.73 bits per heavy atom. The molecule has 0 bridgehead atoms. The maximum absolute atomic E-state index is 13.2. The minimum absolute atomic E-state index is 0.0137. The second-order valence-corrected chi connectivity index (χ2v) is 4.77. The normalized spacial score (nSPS) is 10.6. The molecule has 3 aromatic rings. The molecule has 8 heteroatoms. The Morgan fingerprint density at radius 1 is 1.18 bits per heavy atom. The minimum atomic E-state index is -0.514. The predicted octanol–water partition coefficient (Wildman–Crippen LogP) is 4.07. The lowest BCUT2D eigenvalue weighted by molar-refractivity contribution is -0.384. The molecule has 0 radical (unpaired) electrons. The molecule has 0 aliphatic rings. The van der Waals surface area contributed by atoms with Gasteiger partial charge >= 0.3 is 0 Å². The Bertz CT molecular complexity index is 888. The molecule has 3 rings (SSSR count). The van der Waals surface area contributed by atoms with E-state index in [0.717, 1.165) is 0 Å². The summed E-state index contributed by atoms with van der Waals surface area (Å²) in [6.45, 7) is 0. The molecule has 2 aromatic carbocycles. The van der Waals surface area contributed by atoms with Crippen LogP contribution in [0.2, 0.25) is 5.28 Å². The van der Waals surface area contributed by atoms with Crippen molar-refractivity contribution in [2.75, 3.05) is 5.32 Å². The van der Waals surface area contributed by atoms with Gasteiger partial charge in [-0.3, -0.25) is 10.1 Å². The van der Waals surface area contributed by atoms with E-state index in [1.807, 2.05) is 0 Å². The van der Waals surface area contributed by atoms with E-state index < -0.39 is 10.7 Å². The minimum Gasteiger partial charge on any atom is -0.339 e. The number of nitrogens with zero attached hydrogens (tertiary/aromatic N) is 3. The highest BCUT2D eigenvalue weighted by Gasteiger charge is 2.12. The number of fused-ring (bicyclic) bond motifs is 1. The van der Waals surface area contributed by atoms with Gasteiger partial charge in [0, 0.05) is 23.2 Å². The third-order valence-corrected chi connectivity index (χ3v) is 3.12. The zero-order valence-corrected chi connectivity index (χ0v) is 11.7. The maximum Gasteiger partial charge on any atom is 0.270 e. The number of nitrogens with one attached hydrogen (secondary N) is 1. The van der Waals surface area contributed by atoms with Gasteiger partial charge in [-0.25, -0.2) is 9.37 Å². The van der Waals surface area contributed by atoms with Gasteiger partial charge in [0.1, 0.15) is 11.6 Å². The third kappa shape index (κ3) is 2.79. The van der Waals surface area contributed by atoms with Gasteiger partial charge in [0.2, 0.25) is 5.28 Å². The van der Waals surface area contributed by atoms with Crippen molar-refractivity contribution in [2.24, 2.45) is 0 Å². The lowest BCUT2D eigenvalue weighted by Gasteiger charge is -2.09. The number of halogens is 2. The molecule has 0 fully saturated rings. The number of anilines is 2. The first-order valence-electron chi connectivity index (χ1n) is 6.17. The van der Waals surface area contributed by atoms with E-state index in [2.05, 4.69) is 15.3 Å². The van der Waals surface area contributed by atoms with Crippen LogP contribution in [0, 0.1) is 15.9 Å². The van der Waals surface area contributed by atoms with Gasteiger partial charge in [-0.15, -0.1) is 0 Å². The van der Waals surface area contributed by atoms with E-state index in [9.17, 15) is 14.5 Å². The molecule has 1 N–H and O–H groups in total.